The number of benzene rings is 1. The van der Waals surface area contributed by atoms with Crippen LogP contribution in [-0.2, 0) is 12.5 Å². The van der Waals surface area contributed by atoms with Crippen molar-refractivity contribution in [3.63, 3.8) is 0 Å². The number of nitrogen functional groups attached to an aromatic ring is 1. The Bertz CT molecular complexity index is 594. The lowest BCUT2D eigenvalue weighted by molar-refractivity contribution is 0.397. The summed E-state index contributed by atoms with van der Waals surface area (Å²) in [6, 6.07) is 6.13. The van der Waals surface area contributed by atoms with Gasteiger partial charge >= 0.3 is 0 Å². The Kier molecular flexibility index (Phi) is 3.27. The summed E-state index contributed by atoms with van der Waals surface area (Å²) in [4.78, 5) is 0. The molecule has 0 unspecified atom stereocenters. The Balaban J connectivity index is 2.58. The average molecular weight is 259 g/mol. The van der Waals surface area contributed by atoms with Crippen molar-refractivity contribution in [2.45, 2.75) is 26.2 Å². The van der Waals surface area contributed by atoms with Gasteiger partial charge in [-0.15, -0.1) is 0 Å². The lowest BCUT2D eigenvalue weighted by atomic mass is 9.85. The molecule has 4 nitrogen and oxygen atoms in total. The zero-order valence-electron chi connectivity index (χ0n) is 12.2. The fourth-order valence-electron chi connectivity index (χ4n) is 2.13. The Morgan fingerprint density at radius 3 is 2.42 bits per heavy atom. The molecule has 0 aliphatic carbocycles. The molecule has 0 atom stereocenters. The molecule has 19 heavy (non-hydrogen) atoms. The standard InChI is InChI=1S/C15H21N3O/c1-15(2,3)12-8-10(6-7-13(12)19-5)11-9-17-18(4)14(11)16/h6-9H,16H2,1-5H3. The van der Waals surface area contributed by atoms with Crippen LogP contribution in [-0.4, -0.2) is 16.9 Å². The fourth-order valence-corrected chi connectivity index (χ4v) is 2.13. The number of ether oxygens (including phenoxy) is 1. The van der Waals surface area contributed by atoms with Gasteiger partial charge in [0.05, 0.1) is 13.3 Å². The molecule has 1 aromatic heterocycles. The topological polar surface area (TPSA) is 53.1 Å². The molecule has 0 amide bonds. The highest BCUT2D eigenvalue weighted by atomic mass is 16.5. The van der Waals surface area contributed by atoms with E-state index in [9.17, 15) is 0 Å². The maximum atomic E-state index is 6.03. The third kappa shape index (κ3) is 2.43. The molecule has 0 radical (unpaired) electrons. The van der Waals surface area contributed by atoms with Crippen LogP contribution in [0.1, 0.15) is 26.3 Å². The van der Waals surface area contributed by atoms with E-state index in [0.717, 1.165) is 22.4 Å². The minimum absolute atomic E-state index is 0.0122. The van der Waals surface area contributed by atoms with Gasteiger partial charge in [0.25, 0.3) is 0 Å². The summed E-state index contributed by atoms with van der Waals surface area (Å²) in [5.41, 5.74) is 9.23. The third-order valence-electron chi connectivity index (χ3n) is 3.30. The number of aryl methyl sites for hydroxylation is 1. The highest BCUT2D eigenvalue weighted by Crippen LogP contribution is 2.36. The summed E-state index contributed by atoms with van der Waals surface area (Å²) in [5.74, 6) is 1.57. The molecule has 1 aromatic carbocycles. The molecular weight excluding hydrogens is 238 g/mol. The van der Waals surface area contributed by atoms with Gasteiger partial charge in [-0.25, -0.2) is 0 Å². The first-order valence-corrected chi connectivity index (χ1v) is 6.31. The van der Waals surface area contributed by atoms with Gasteiger partial charge in [0.2, 0.25) is 0 Å². The van der Waals surface area contributed by atoms with Crippen molar-refractivity contribution in [1.82, 2.24) is 9.78 Å². The molecule has 0 bridgehead atoms. The molecule has 0 spiro atoms. The Hall–Kier alpha value is -1.97. The van der Waals surface area contributed by atoms with Crippen molar-refractivity contribution in [3.8, 4) is 16.9 Å². The van der Waals surface area contributed by atoms with Crippen LogP contribution in [0, 0.1) is 0 Å². The van der Waals surface area contributed by atoms with Crippen molar-refractivity contribution in [2.75, 3.05) is 12.8 Å². The average Bonchev–Trinajstić information content (AvgIpc) is 2.68. The quantitative estimate of drug-likeness (QED) is 0.902. The number of hydrogen-bond donors (Lipinski definition) is 1. The van der Waals surface area contributed by atoms with Crippen LogP contribution in [0.5, 0.6) is 5.75 Å². The van der Waals surface area contributed by atoms with E-state index < -0.39 is 0 Å². The molecule has 0 aliphatic rings. The monoisotopic (exact) mass is 259 g/mol. The fraction of sp³-hybridized carbons (Fsp3) is 0.400. The second kappa shape index (κ2) is 4.61. The molecule has 1 heterocycles. The van der Waals surface area contributed by atoms with Gasteiger partial charge in [-0.3, -0.25) is 4.68 Å². The first kappa shape index (κ1) is 13.5. The van der Waals surface area contributed by atoms with E-state index in [2.05, 4.69) is 31.9 Å². The minimum atomic E-state index is 0.0122. The van der Waals surface area contributed by atoms with Gasteiger partial charge in [-0.05, 0) is 23.1 Å². The molecule has 102 valence electrons. The molecule has 2 rings (SSSR count). The van der Waals surface area contributed by atoms with Gasteiger partial charge < -0.3 is 10.5 Å². The summed E-state index contributed by atoms with van der Waals surface area (Å²) in [5, 5.41) is 4.19. The number of nitrogens with two attached hydrogens (primary N) is 1. The largest absolute Gasteiger partial charge is 0.496 e. The summed E-state index contributed by atoms with van der Waals surface area (Å²) < 4.78 is 7.12. The van der Waals surface area contributed by atoms with E-state index in [1.165, 1.54) is 0 Å². The first-order valence-electron chi connectivity index (χ1n) is 6.31. The maximum absolute atomic E-state index is 6.03. The smallest absolute Gasteiger partial charge is 0.129 e. The Morgan fingerprint density at radius 2 is 1.95 bits per heavy atom. The molecule has 0 saturated carbocycles. The molecule has 4 heteroatoms. The Labute approximate surface area is 114 Å². The van der Waals surface area contributed by atoms with Crippen molar-refractivity contribution < 1.29 is 4.74 Å². The lowest BCUT2D eigenvalue weighted by Crippen LogP contribution is -2.13. The second-order valence-corrected chi connectivity index (χ2v) is 5.73. The van der Waals surface area contributed by atoms with Crippen molar-refractivity contribution in [1.29, 1.82) is 0 Å². The Morgan fingerprint density at radius 1 is 1.26 bits per heavy atom. The number of methoxy groups -OCH3 is 1. The normalized spacial score (nSPS) is 11.6. The van der Waals surface area contributed by atoms with E-state index in [-0.39, 0.29) is 5.41 Å². The van der Waals surface area contributed by atoms with E-state index in [1.54, 1.807) is 18.0 Å². The number of rotatable bonds is 2. The van der Waals surface area contributed by atoms with Crippen molar-refractivity contribution in [3.05, 3.63) is 30.0 Å². The van der Waals surface area contributed by atoms with Crippen LogP contribution in [0.15, 0.2) is 24.4 Å². The van der Waals surface area contributed by atoms with Crippen LogP contribution in [0.25, 0.3) is 11.1 Å². The number of aromatic nitrogens is 2. The van der Waals surface area contributed by atoms with Crippen LogP contribution in [0.2, 0.25) is 0 Å². The van der Waals surface area contributed by atoms with Crippen molar-refractivity contribution >= 4 is 5.82 Å². The van der Waals surface area contributed by atoms with Crippen molar-refractivity contribution in [2.24, 2.45) is 7.05 Å². The highest BCUT2D eigenvalue weighted by Gasteiger charge is 2.20. The molecule has 0 aliphatic heterocycles. The first-order chi connectivity index (χ1) is 8.84. The molecular formula is C15H21N3O. The number of hydrogen-bond acceptors (Lipinski definition) is 3. The molecule has 2 aromatic rings. The number of anilines is 1. The summed E-state index contributed by atoms with van der Waals surface area (Å²) in [6.07, 6.45) is 1.80. The molecule has 0 fully saturated rings. The van der Waals surface area contributed by atoms with Gasteiger partial charge in [0.15, 0.2) is 0 Å². The zero-order valence-corrected chi connectivity index (χ0v) is 12.2. The minimum Gasteiger partial charge on any atom is -0.496 e. The van der Waals surface area contributed by atoms with Crippen LogP contribution < -0.4 is 10.5 Å². The number of nitrogens with zero attached hydrogens (tertiary/aromatic N) is 2. The highest BCUT2D eigenvalue weighted by molar-refractivity contribution is 5.75. The third-order valence-corrected chi connectivity index (χ3v) is 3.30. The van der Waals surface area contributed by atoms with E-state index in [0.29, 0.717) is 5.82 Å². The van der Waals surface area contributed by atoms with E-state index in [4.69, 9.17) is 10.5 Å². The predicted octanol–water partition coefficient (Wildman–Crippen LogP) is 2.98. The predicted molar refractivity (Wildman–Crippen MR) is 78.3 cm³/mol. The van der Waals surface area contributed by atoms with E-state index >= 15 is 0 Å². The van der Waals surface area contributed by atoms with E-state index in [1.807, 2.05) is 19.2 Å². The van der Waals surface area contributed by atoms with Crippen LogP contribution in [0.4, 0.5) is 5.82 Å². The van der Waals surface area contributed by atoms with Gasteiger partial charge in [0.1, 0.15) is 11.6 Å². The summed E-state index contributed by atoms with van der Waals surface area (Å²) in [6.45, 7) is 6.50. The summed E-state index contributed by atoms with van der Waals surface area (Å²) >= 11 is 0. The second-order valence-electron chi connectivity index (χ2n) is 5.73. The molecule has 0 saturated heterocycles. The lowest BCUT2D eigenvalue weighted by Gasteiger charge is -2.22. The zero-order chi connectivity index (χ0) is 14.2. The molecule has 2 N–H and O–H groups in total. The van der Waals surface area contributed by atoms with Gasteiger partial charge in [-0.1, -0.05) is 26.8 Å². The van der Waals surface area contributed by atoms with Crippen LogP contribution in [0.3, 0.4) is 0 Å². The summed E-state index contributed by atoms with van der Waals surface area (Å²) in [7, 11) is 3.54. The SMILES string of the molecule is COc1ccc(-c2cnn(C)c2N)cc1C(C)(C)C. The van der Waals surface area contributed by atoms with Crippen LogP contribution >= 0.6 is 0 Å². The van der Waals surface area contributed by atoms with Gasteiger partial charge in [0, 0.05) is 18.2 Å². The van der Waals surface area contributed by atoms with Gasteiger partial charge in [-0.2, -0.15) is 5.10 Å². The maximum Gasteiger partial charge on any atom is 0.129 e.